The first-order valence-corrected chi connectivity index (χ1v) is 9.10. The van der Waals surface area contributed by atoms with Crippen molar-refractivity contribution in [2.75, 3.05) is 23.3 Å². The van der Waals surface area contributed by atoms with E-state index < -0.39 is 5.60 Å². The van der Waals surface area contributed by atoms with E-state index in [4.69, 9.17) is 0 Å². The Hall–Kier alpha value is -1.59. The molecule has 2 aliphatic rings. The van der Waals surface area contributed by atoms with Gasteiger partial charge in [0.05, 0.1) is 29.5 Å². The Bertz CT molecular complexity index is 561. The van der Waals surface area contributed by atoms with Crippen LogP contribution in [-0.4, -0.2) is 40.9 Å². The largest absolute Gasteiger partial charge is 0.393 e. The number of carbonyl (C=O) groups excluding carboxylic acids is 1. The number of hydrogen-bond donors (Lipinski definition) is 3. The van der Waals surface area contributed by atoms with Crippen LogP contribution in [0.1, 0.15) is 51.4 Å². The second-order valence-corrected chi connectivity index (χ2v) is 7.25. The van der Waals surface area contributed by atoms with Crippen molar-refractivity contribution >= 4 is 17.3 Å². The van der Waals surface area contributed by atoms with Gasteiger partial charge in [-0.1, -0.05) is 31.4 Å². The number of rotatable bonds is 4. The zero-order chi connectivity index (χ0) is 17.0. The van der Waals surface area contributed by atoms with Crippen LogP contribution < -0.4 is 10.2 Å². The highest BCUT2D eigenvalue weighted by atomic mass is 16.3. The summed E-state index contributed by atoms with van der Waals surface area (Å²) in [5.41, 5.74) is 0.943. The van der Waals surface area contributed by atoms with E-state index in [9.17, 15) is 15.0 Å². The summed E-state index contributed by atoms with van der Waals surface area (Å²) in [6, 6.07) is 7.78. The molecule has 1 saturated carbocycles. The Morgan fingerprint density at radius 2 is 1.83 bits per heavy atom. The number of benzene rings is 1. The first-order chi connectivity index (χ1) is 11.6. The average molecular weight is 332 g/mol. The van der Waals surface area contributed by atoms with Gasteiger partial charge < -0.3 is 20.4 Å². The summed E-state index contributed by atoms with van der Waals surface area (Å²) in [5, 5.41) is 23.2. The predicted molar refractivity (Wildman–Crippen MR) is 95.2 cm³/mol. The molecule has 0 unspecified atom stereocenters. The van der Waals surface area contributed by atoms with Crippen molar-refractivity contribution < 1.29 is 15.0 Å². The number of para-hydroxylation sites is 2. The smallest absolute Gasteiger partial charge is 0.227 e. The van der Waals surface area contributed by atoms with Gasteiger partial charge in [-0.15, -0.1) is 0 Å². The molecule has 1 saturated heterocycles. The van der Waals surface area contributed by atoms with E-state index in [1.165, 1.54) is 0 Å². The molecule has 0 atom stereocenters. The molecule has 132 valence electrons. The highest BCUT2D eigenvalue weighted by molar-refractivity contribution is 5.94. The number of carbonyl (C=O) groups is 1. The van der Waals surface area contributed by atoms with Crippen LogP contribution >= 0.6 is 0 Å². The van der Waals surface area contributed by atoms with Gasteiger partial charge in [-0.05, 0) is 37.8 Å². The maximum absolute atomic E-state index is 12.4. The van der Waals surface area contributed by atoms with Crippen molar-refractivity contribution in [2.24, 2.45) is 0 Å². The Labute approximate surface area is 143 Å². The van der Waals surface area contributed by atoms with Crippen molar-refractivity contribution in [3.05, 3.63) is 24.3 Å². The first-order valence-electron chi connectivity index (χ1n) is 9.10. The number of piperidine rings is 1. The second-order valence-electron chi connectivity index (χ2n) is 7.25. The van der Waals surface area contributed by atoms with Gasteiger partial charge in [0.1, 0.15) is 0 Å². The highest BCUT2D eigenvalue weighted by Crippen LogP contribution is 2.32. The number of nitrogens with zero attached hydrogens (tertiary/aromatic N) is 1. The van der Waals surface area contributed by atoms with Crippen molar-refractivity contribution in [1.82, 2.24) is 0 Å². The molecule has 1 aliphatic heterocycles. The zero-order valence-electron chi connectivity index (χ0n) is 14.2. The minimum atomic E-state index is -0.841. The Balaban J connectivity index is 1.65. The average Bonchev–Trinajstić information content (AvgIpc) is 2.56. The molecule has 1 aromatic carbocycles. The third-order valence-electron chi connectivity index (χ3n) is 5.26. The molecule has 3 rings (SSSR count). The number of aliphatic hydroxyl groups excluding tert-OH is 1. The van der Waals surface area contributed by atoms with Crippen LogP contribution in [-0.2, 0) is 4.79 Å². The molecule has 1 aromatic rings. The summed E-state index contributed by atoms with van der Waals surface area (Å²) in [4.78, 5) is 14.6. The molecule has 5 nitrogen and oxygen atoms in total. The van der Waals surface area contributed by atoms with Crippen LogP contribution in [0.4, 0.5) is 11.4 Å². The van der Waals surface area contributed by atoms with Crippen molar-refractivity contribution in [2.45, 2.75) is 63.1 Å². The van der Waals surface area contributed by atoms with Gasteiger partial charge in [0.15, 0.2) is 0 Å². The standard InChI is InChI=1S/C19H28N2O3/c22-15-8-12-21(13-9-15)17-7-3-2-6-16(17)20-18(23)14-19(24)10-4-1-5-11-19/h2-3,6-7,15,22,24H,1,4-5,8-14H2,(H,20,23). The van der Waals surface area contributed by atoms with Gasteiger partial charge in [-0.3, -0.25) is 4.79 Å². The second kappa shape index (κ2) is 7.53. The van der Waals surface area contributed by atoms with Crippen LogP contribution in [0.15, 0.2) is 24.3 Å². The van der Waals surface area contributed by atoms with Crippen LogP contribution in [0, 0.1) is 0 Å². The number of nitrogens with one attached hydrogen (secondary N) is 1. The van der Waals surface area contributed by atoms with Gasteiger partial charge in [-0.2, -0.15) is 0 Å². The summed E-state index contributed by atoms with van der Waals surface area (Å²) >= 11 is 0. The molecule has 5 heteroatoms. The van der Waals surface area contributed by atoms with Gasteiger partial charge in [-0.25, -0.2) is 0 Å². The Morgan fingerprint density at radius 1 is 1.17 bits per heavy atom. The molecular weight excluding hydrogens is 304 g/mol. The Kier molecular flexibility index (Phi) is 5.41. The van der Waals surface area contributed by atoms with Crippen molar-refractivity contribution in [3.63, 3.8) is 0 Å². The zero-order valence-corrected chi connectivity index (χ0v) is 14.2. The van der Waals surface area contributed by atoms with Crippen LogP contribution in [0.3, 0.4) is 0 Å². The first kappa shape index (κ1) is 17.2. The molecule has 1 aliphatic carbocycles. The SMILES string of the molecule is O=C(CC1(O)CCCCC1)Nc1ccccc1N1CCC(O)CC1. The molecule has 1 amide bonds. The molecule has 0 bridgehead atoms. The maximum atomic E-state index is 12.4. The third kappa shape index (κ3) is 4.28. The molecule has 24 heavy (non-hydrogen) atoms. The lowest BCUT2D eigenvalue weighted by Gasteiger charge is -2.33. The number of aliphatic hydroxyl groups is 2. The van der Waals surface area contributed by atoms with Gasteiger partial charge >= 0.3 is 0 Å². The van der Waals surface area contributed by atoms with Gasteiger partial charge in [0.2, 0.25) is 5.91 Å². The van der Waals surface area contributed by atoms with Crippen LogP contribution in [0.5, 0.6) is 0 Å². The lowest BCUT2D eigenvalue weighted by Crippen LogP contribution is -2.37. The molecule has 0 spiro atoms. The summed E-state index contributed by atoms with van der Waals surface area (Å²) in [6.07, 6.45) is 6.02. The van der Waals surface area contributed by atoms with E-state index >= 15 is 0 Å². The highest BCUT2D eigenvalue weighted by Gasteiger charge is 2.32. The summed E-state index contributed by atoms with van der Waals surface area (Å²) in [6.45, 7) is 1.58. The lowest BCUT2D eigenvalue weighted by atomic mass is 9.82. The topological polar surface area (TPSA) is 72.8 Å². The Morgan fingerprint density at radius 3 is 2.54 bits per heavy atom. The van der Waals surface area contributed by atoms with Crippen LogP contribution in [0.25, 0.3) is 0 Å². The number of amides is 1. The summed E-state index contributed by atoms with van der Waals surface area (Å²) < 4.78 is 0. The van der Waals surface area contributed by atoms with E-state index in [-0.39, 0.29) is 18.4 Å². The van der Waals surface area contributed by atoms with Gasteiger partial charge in [0.25, 0.3) is 0 Å². The van der Waals surface area contributed by atoms with E-state index in [0.29, 0.717) is 12.8 Å². The fraction of sp³-hybridized carbons (Fsp3) is 0.632. The van der Waals surface area contributed by atoms with Crippen molar-refractivity contribution in [1.29, 1.82) is 0 Å². The molecule has 2 fully saturated rings. The third-order valence-corrected chi connectivity index (χ3v) is 5.26. The van der Waals surface area contributed by atoms with E-state index in [2.05, 4.69) is 10.2 Å². The summed E-state index contributed by atoms with van der Waals surface area (Å²) in [7, 11) is 0. The molecule has 0 aromatic heterocycles. The lowest BCUT2D eigenvalue weighted by molar-refractivity contribution is -0.122. The van der Waals surface area contributed by atoms with E-state index in [1.54, 1.807) is 0 Å². The normalized spacial score (nSPS) is 21.5. The van der Waals surface area contributed by atoms with Crippen molar-refractivity contribution in [3.8, 4) is 0 Å². The molecular formula is C19H28N2O3. The minimum Gasteiger partial charge on any atom is -0.393 e. The van der Waals surface area contributed by atoms with E-state index in [1.807, 2.05) is 24.3 Å². The molecule has 3 N–H and O–H groups in total. The monoisotopic (exact) mass is 332 g/mol. The molecule has 0 radical (unpaired) electrons. The molecule has 1 heterocycles. The predicted octanol–water partition coefficient (Wildman–Crippen LogP) is 2.67. The fourth-order valence-corrected chi connectivity index (χ4v) is 3.84. The minimum absolute atomic E-state index is 0.121. The number of hydrogen-bond acceptors (Lipinski definition) is 4. The number of anilines is 2. The fourth-order valence-electron chi connectivity index (χ4n) is 3.84. The quantitative estimate of drug-likeness (QED) is 0.792. The van der Waals surface area contributed by atoms with Crippen LogP contribution in [0.2, 0.25) is 0 Å². The van der Waals surface area contributed by atoms with Gasteiger partial charge in [0, 0.05) is 13.1 Å². The van der Waals surface area contributed by atoms with E-state index in [0.717, 1.165) is 56.6 Å². The maximum Gasteiger partial charge on any atom is 0.227 e. The summed E-state index contributed by atoms with van der Waals surface area (Å²) in [5.74, 6) is -0.121.